The second-order valence-electron chi connectivity index (χ2n) is 5.45. The molecule has 3 nitrogen and oxygen atoms in total. The Kier molecular flexibility index (Phi) is 3.85. The van der Waals surface area contributed by atoms with Crippen molar-refractivity contribution in [3.63, 3.8) is 0 Å². The molecule has 0 aliphatic heterocycles. The van der Waals surface area contributed by atoms with Crippen LogP contribution in [0.2, 0.25) is 0 Å². The Morgan fingerprint density at radius 3 is 2.50 bits per heavy atom. The summed E-state index contributed by atoms with van der Waals surface area (Å²) in [5.74, 6) is 1.05. The topological polar surface area (TPSA) is 32.3 Å². The molecular formula is C13H24N2O. The second-order valence-corrected chi connectivity index (χ2v) is 5.45. The van der Waals surface area contributed by atoms with Crippen molar-refractivity contribution in [2.45, 2.75) is 57.5 Å². The predicted molar refractivity (Wildman–Crippen MR) is 65.2 cm³/mol. The van der Waals surface area contributed by atoms with E-state index < -0.39 is 0 Å². The van der Waals surface area contributed by atoms with Gasteiger partial charge in [-0.15, -0.1) is 0 Å². The van der Waals surface area contributed by atoms with E-state index in [1.54, 1.807) is 0 Å². The molecule has 2 fully saturated rings. The maximum atomic E-state index is 11.8. The molecule has 0 unspecified atom stereocenters. The van der Waals surface area contributed by atoms with Crippen LogP contribution < -0.4 is 5.32 Å². The molecule has 1 N–H and O–H groups in total. The fraction of sp³-hybridized carbons (Fsp3) is 0.923. The van der Waals surface area contributed by atoms with Crippen LogP contribution in [0.5, 0.6) is 0 Å². The highest BCUT2D eigenvalue weighted by Gasteiger charge is 2.29. The van der Waals surface area contributed by atoms with Crippen molar-refractivity contribution in [2.24, 2.45) is 5.92 Å². The van der Waals surface area contributed by atoms with Gasteiger partial charge >= 0.3 is 0 Å². The standard InChI is InChI=1S/C13H24N2O/c1-10(11-5-3-4-6-11)14-9-13(16)15(2)12-7-8-12/h10-12,14H,3-9H2,1-2H3/t10-/m1/s1. The Bertz CT molecular complexity index is 244. The molecule has 0 saturated heterocycles. The molecule has 0 spiro atoms. The monoisotopic (exact) mass is 224 g/mol. The van der Waals surface area contributed by atoms with E-state index in [0.717, 1.165) is 5.92 Å². The van der Waals surface area contributed by atoms with E-state index in [0.29, 0.717) is 18.6 Å². The van der Waals surface area contributed by atoms with Crippen LogP contribution in [-0.2, 0) is 4.79 Å². The van der Waals surface area contributed by atoms with Crippen molar-refractivity contribution >= 4 is 5.91 Å². The highest BCUT2D eigenvalue weighted by Crippen LogP contribution is 2.27. The minimum atomic E-state index is 0.257. The summed E-state index contributed by atoms with van der Waals surface area (Å²) >= 11 is 0. The van der Waals surface area contributed by atoms with E-state index in [9.17, 15) is 4.79 Å². The average molecular weight is 224 g/mol. The number of rotatable bonds is 5. The van der Waals surface area contributed by atoms with Gasteiger partial charge in [0.1, 0.15) is 0 Å². The van der Waals surface area contributed by atoms with Gasteiger partial charge in [0.15, 0.2) is 0 Å². The van der Waals surface area contributed by atoms with Crippen LogP contribution in [0.25, 0.3) is 0 Å². The molecule has 1 amide bonds. The first-order valence-corrected chi connectivity index (χ1v) is 6.67. The molecule has 2 aliphatic carbocycles. The summed E-state index contributed by atoms with van der Waals surface area (Å²) in [6.45, 7) is 2.74. The quantitative estimate of drug-likeness (QED) is 0.772. The van der Waals surface area contributed by atoms with Gasteiger partial charge in [-0.1, -0.05) is 12.8 Å². The highest BCUT2D eigenvalue weighted by atomic mass is 16.2. The summed E-state index contributed by atoms with van der Waals surface area (Å²) in [4.78, 5) is 13.7. The van der Waals surface area contributed by atoms with E-state index >= 15 is 0 Å². The molecule has 1 atom stereocenters. The first kappa shape index (κ1) is 11.9. The van der Waals surface area contributed by atoms with Crippen LogP contribution >= 0.6 is 0 Å². The number of nitrogens with zero attached hydrogens (tertiary/aromatic N) is 1. The normalized spacial score (nSPS) is 23.4. The molecule has 3 heteroatoms. The van der Waals surface area contributed by atoms with Gasteiger partial charge < -0.3 is 10.2 Å². The summed E-state index contributed by atoms with van der Waals surface area (Å²) in [7, 11) is 1.93. The van der Waals surface area contributed by atoms with Gasteiger partial charge in [-0.3, -0.25) is 4.79 Å². The first-order valence-electron chi connectivity index (χ1n) is 6.67. The molecule has 16 heavy (non-hydrogen) atoms. The number of carbonyl (C=O) groups excluding carboxylic acids is 1. The molecule has 0 heterocycles. The summed E-state index contributed by atoms with van der Waals surface area (Å²) in [5, 5.41) is 3.40. The Morgan fingerprint density at radius 2 is 1.94 bits per heavy atom. The van der Waals surface area contributed by atoms with Gasteiger partial charge in [-0.2, -0.15) is 0 Å². The van der Waals surface area contributed by atoms with Gasteiger partial charge in [-0.25, -0.2) is 0 Å². The molecule has 0 aromatic heterocycles. The lowest BCUT2D eigenvalue weighted by molar-refractivity contribution is -0.129. The van der Waals surface area contributed by atoms with Crippen molar-refractivity contribution < 1.29 is 4.79 Å². The lowest BCUT2D eigenvalue weighted by Crippen LogP contribution is -2.42. The molecule has 2 saturated carbocycles. The Balaban J connectivity index is 1.67. The molecule has 0 radical (unpaired) electrons. The lowest BCUT2D eigenvalue weighted by atomic mass is 10.00. The van der Waals surface area contributed by atoms with Gasteiger partial charge in [0.05, 0.1) is 6.54 Å². The maximum absolute atomic E-state index is 11.8. The van der Waals surface area contributed by atoms with Gasteiger partial charge in [0.25, 0.3) is 0 Å². The minimum absolute atomic E-state index is 0.257. The zero-order valence-electron chi connectivity index (χ0n) is 10.5. The fourth-order valence-electron chi connectivity index (χ4n) is 2.66. The third-order valence-corrected chi connectivity index (χ3v) is 4.17. The number of nitrogens with one attached hydrogen (secondary N) is 1. The second kappa shape index (κ2) is 5.17. The average Bonchev–Trinajstić information content (AvgIpc) is 2.99. The molecular weight excluding hydrogens is 200 g/mol. The predicted octanol–water partition coefficient (Wildman–Crippen LogP) is 1.78. The number of amides is 1. The third-order valence-electron chi connectivity index (χ3n) is 4.17. The molecule has 2 aliphatic rings. The van der Waals surface area contributed by atoms with E-state index in [1.807, 2.05) is 11.9 Å². The SMILES string of the molecule is C[C@@H](NCC(=O)N(C)C1CC1)C1CCCC1. The summed E-state index contributed by atoms with van der Waals surface area (Å²) in [6, 6.07) is 1.04. The van der Waals surface area contributed by atoms with E-state index in [-0.39, 0.29) is 5.91 Å². The van der Waals surface area contributed by atoms with Crippen molar-refractivity contribution in [2.75, 3.05) is 13.6 Å². The summed E-state index contributed by atoms with van der Waals surface area (Å²) in [5.41, 5.74) is 0. The zero-order valence-corrected chi connectivity index (χ0v) is 10.5. The molecule has 92 valence electrons. The number of hydrogen-bond donors (Lipinski definition) is 1. The van der Waals surface area contributed by atoms with E-state index in [2.05, 4.69) is 12.2 Å². The number of likely N-dealkylation sites (N-methyl/N-ethyl adjacent to an activating group) is 1. The third kappa shape index (κ3) is 2.97. The van der Waals surface area contributed by atoms with Crippen LogP contribution in [0.4, 0.5) is 0 Å². The van der Waals surface area contributed by atoms with Crippen LogP contribution in [0.1, 0.15) is 45.4 Å². The molecule has 0 aromatic carbocycles. The summed E-state index contributed by atoms with van der Waals surface area (Å²) in [6.07, 6.45) is 7.79. The Morgan fingerprint density at radius 1 is 1.31 bits per heavy atom. The van der Waals surface area contributed by atoms with Crippen LogP contribution in [0.15, 0.2) is 0 Å². The highest BCUT2D eigenvalue weighted by molar-refractivity contribution is 5.78. The van der Waals surface area contributed by atoms with Crippen molar-refractivity contribution in [1.82, 2.24) is 10.2 Å². The van der Waals surface area contributed by atoms with Gasteiger partial charge in [0, 0.05) is 19.1 Å². The first-order chi connectivity index (χ1) is 7.68. The molecule has 0 aromatic rings. The van der Waals surface area contributed by atoms with Crippen LogP contribution in [0, 0.1) is 5.92 Å². The smallest absolute Gasteiger partial charge is 0.236 e. The zero-order chi connectivity index (χ0) is 11.5. The van der Waals surface area contributed by atoms with Gasteiger partial charge in [-0.05, 0) is 38.5 Å². The fourth-order valence-corrected chi connectivity index (χ4v) is 2.66. The van der Waals surface area contributed by atoms with E-state index in [4.69, 9.17) is 0 Å². The molecule has 0 bridgehead atoms. The molecule has 2 rings (SSSR count). The number of carbonyl (C=O) groups is 1. The van der Waals surface area contributed by atoms with E-state index in [1.165, 1.54) is 38.5 Å². The lowest BCUT2D eigenvalue weighted by Gasteiger charge is -2.22. The largest absolute Gasteiger partial charge is 0.342 e. The van der Waals surface area contributed by atoms with Crippen LogP contribution in [0.3, 0.4) is 0 Å². The maximum Gasteiger partial charge on any atom is 0.236 e. The van der Waals surface area contributed by atoms with Crippen LogP contribution in [-0.4, -0.2) is 36.5 Å². The van der Waals surface area contributed by atoms with Crippen molar-refractivity contribution in [3.8, 4) is 0 Å². The van der Waals surface area contributed by atoms with Gasteiger partial charge in [0.2, 0.25) is 5.91 Å². The number of hydrogen-bond acceptors (Lipinski definition) is 2. The summed E-state index contributed by atoms with van der Waals surface area (Å²) < 4.78 is 0. The van der Waals surface area contributed by atoms with Crippen molar-refractivity contribution in [1.29, 1.82) is 0 Å². The Labute approximate surface area is 98.6 Å². The Hall–Kier alpha value is -0.570. The van der Waals surface area contributed by atoms with Crippen molar-refractivity contribution in [3.05, 3.63) is 0 Å². The minimum Gasteiger partial charge on any atom is -0.342 e.